The summed E-state index contributed by atoms with van der Waals surface area (Å²) in [6.07, 6.45) is 3.60. The van der Waals surface area contributed by atoms with Gasteiger partial charge in [0.1, 0.15) is 23.5 Å². The number of amides is 3. The van der Waals surface area contributed by atoms with Crippen LogP contribution >= 0.6 is 0 Å². The average molecular weight is 722 g/mol. The van der Waals surface area contributed by atoms with Gasteiger partial charge in [-0.2, -0.15) is 0 Å². The normalized spacial score (nSPS) is 23.8. The second kappa shape index (κ2) is 16.6. The smallest absolute Gasteiger partial charge is 0.313 e. The largest absolute Gasteiger partial charge is 0.497 e. The highest BCUT2D eigenvalue weighted by atomic mass is 16.6. The van der Waals surface area contributed by atoms with Crippen LogP contribution in [-0.4, -0.2) is 84.3 Å². The summed E-state index contributed by atoms with van der Waals surface area (Å²) in [7, 11) is 1.56. The Kier molecular flexibility index (Phi) is 11.7. The summed E-state index contributed by atoms with van der Waals surface area (Å²) in [5, 5.41) is 13.7. The lowest BCUT2D eigenvalue weighted by Crippen LogP contribution is -2.59. The van der Waals surface area contributed by atoms with Crippen LogP contribution in [0.25, 0.3) is 0 Å². The van der Waals surface area contributed by atoms with Crippen LogP contribution in [0, 0.1) is 11.8 Å². The SMILES string of the molecule is C=CCCC(=O)NC[C@@H](OC(=O)[C@@H]1[C@H]2C(=O)N([C@@H](CO)Cc3ccccc3)[C@H](C(=O)N(CC=C)c3ccc(OC)cc3)[C@]23CC[C@H]1O3)c1ccccc1. The fourth-order valence-electron chi connectivity index (χ4n) is 8.17. The predicted octanol–water partition coefficient (Wildman–Crippen LogP) is 4.56. The Morgan fingerprint density at radius 1 is 1.04 bits per heavy atom. The molecular weight excluding hydrogens is 674 g/mol. The molecule has 1 spiro atoms. The molecule has 3 saturated heterocycles. The molecule has 3 heterocycles. The Hall–Kier alpha value is -5.26. The van der Waals surface area contributed by atoms with Gasteiger partial charge in [-0.05, 0) is 61.1 Å². The third-order valence-electron chi connectivity index (χ3n) is 10.6. The number of likely N-dealkylation sites (tertiary alicyclic amines) is 1. The van der Waals surface area contributed by atoms with Gasteiger partial charge in [-0.25, -0.2) is 0 Å². The van der Waals surface area contributed by atoms with Crippen LogP contribution in [0.3, 0.4) is 0 Å². The summed E-state index contributed by atoms with van der Waals surface area (Å²) in [6.45, 7) is 7.31. The molecule has 2 bridgehead atoms. The molecule has 3 aliphatic rings. The number of fused-ring (bicyclic) bond motifs is 1. The third kappa shape index (κ3) is 7.49. The topological polar surface area (TPSA) is 135 Å². The van der Waals surface area contributed by atoms with Gasteiger partial charge in [0.15, 0.2) is 0 Å². The zero-order chi connectivity index (χ0) is 37.5. The number of benzene rings is 3. The Labute approximate surface area is 310 Å². The van der Waals surface area contributed by atoms with Gasteiger partial charge in [-0.3, -0.25) is 19.2 Å². The van der Waals surface area contributed by atoms with E-state index in [-0.39, 0.29) is 31.8 Å². The maximum absolute atomic E-state index is 15.0. The number of nitrogens with zero attached hydrogens (tertiary/aromatic N) is 2. The number of methoxy groups -OCH3 is 1. The summed E-state index contributed by atoms with van der Waals surface area (Å²) in [5.74, 6) is -3.12. The van der Waals surface area contributed by atoms with Crippen LogP contribution in [-0.2, 0) is 35.1 Å². The van der Waals surface area contributed by atoms with Gasteiger partial charge >= 0.3 is 5.97 Å². The first kappa shape index (κ1) is 37.5. The molecular formula is C42H47N3O8. The number of anilines is 1. The van der Waals surface area contributed by atoms with Crippen LogP contribution in [0.5, 0.6) is 5.75 Å². The van der Waals surface area contributed by atoms with Crippen molar-refractivity contribution >= 4 is 29.4 Å². The van der Waals surface area contributed by atoms with E-state index in [1.165, 1.54) is 4.90 Å². The van der Waals surface area contributed by atoms with E-state index in [4.69, 9.17) is 14.2 Å². The second-order valence-corrected chi connectivity index (χ2v) is 13.7. The fourth-order valence-corrected chi connectivity index (χ4v) is 8.17. The van der Waals surface area contributed by atoms with Crippen molar-refractivity contribution in [3.05, 3.63) is 121 Å². The minimum Gasteiger partial charge on any atom is -0.497 e. The molecule has 0 aliphatic carbocycles. The van der Waals surface area contributed by atoms with Crippen molar-refractivity contribution in [2.45, 2.75) is 62.0 Å². The van der Waals surface area contributed by atoms with E-state index in [1.807, 2.05) is 60.7 Å². The number of carbonyl (C=O) groups excluding carboxylic acids is 4. The minimum atomic E-state index is -1.35. The molecule has 0 radical (unpaired) electrons. The summed E-state index contributed by atoms with van der Waals surface area (Å²) in [4.78, 5) is 59.9. The summed E-state index contributed by atoms with van der Waals surface area (Å²) < 4.78 is 18.2. The van der Waals surface area contributed by atoms with E-state index in [9.17, 15) is 19.5 Å². The Morgan fingerprint density at radius 3 is 2.38 bits per heavy atom. The molecule has 7 atom stereocenters. The average Bonchev–Trinajstić information content (AvgIpc) is 3.84. The molecule has 3 amide bonds. The van der Waals surface area contributed by atoms with E-state index in [2.05, 4.69) is 18.5 Å². The van der Waals surface area contributed by atoms with Crippen LogP contribution < -0.4 is 15.0 Å². The van der Waals surface area contributed by atoms with E-state index in [1.54, 1.807) is 48.4 Å². The number of hydrogen-bond donors (Lipinski definition) is 2. The quantitative estimate of drug-likeness (QED) is 0.153. The van der Waals surface area contributed by atoms with Crippen molar-refractivity contribution in [1.82, 2.24) is 10.2 Å². The molecule has 3 aromatic carbocycles. The first-order valence-electron chi connectivity index (χ1n) is 18.1. The zero-order valence-electron chi connectivity index (χ0n) is 30.0. The summed E-state index contributed by atoms with van der Waals surface area (Å²) >= 11 is 0. The fraction of sp³-hybridized carbons (Fsp3) is 0.381. The van der Waals surface area contributed by atoms with Crippen molar-refractivity contribution in [1.29, 1.82) is 0 Å². The number of nitrogens with one attached hydrogen (secondary N) is 1. The van der Waals surface area contributed by atoms with Gasteiger partial charge in [0, 0.05) is 18.7 Å². The molecule has 11 nitrogen and oxygen atoms in total. The molecule has 2 N–H and O–H groups in total. The maximum atomic E-state index is 15.0. The van der Waals surface area contributed by atoms with E-state index < -0.39 is 66.1 Å². The molecule has 3 fully saturated rings. The van der Waals surface area contributed by atoms with Gasteiger partial charge in [0.25, 0.3) is 5.91 Å². The van der Waals surface area contributed by atoms with Crippen LogP contribution in [0.2, 0.25) is 0 Å². The zero-order valence-corrected chi connectivity index (χ0v) is 30.0. The highest BCUT2D eigenvalue weighted by Gasteiger charge is 2.75. The van der Waals surface area contributed by atoms with E-state index >= 15 is 4.79 Å². The van der Waals surface area contributed by atoms with E-state index in [0.717, 1.165) is 5.56 Å². The molecule has 0 aromatic heterocycles. The Morgan fingerprint density at radius 2 is 1.74 bits per heavy atom. The molecule has 11 heteroatoms. The van der Waals surface area contributed by atoms with Gasteiger partial charge in [-0.1, -0.05) is 72.8 Å². The van der Waals surface area contributed by atoms with Crippen molar-refractivity contribution in [2.24, 2.45) is 11.8 Å². The molecule has 3 aliphatic heterocycles. The van der Waals surface area contributed by atoms with Crippen LogP contribution in [0.1, 0.15) is 42.9 Å². The number of allylic oxidation sites excluding steroid dienone is 1. The minimum absolute atomic E-state index is 0.0308. The highest BCUT2D eigenvalue weighted by molar-refractivity contribution is 6.05. The first-order chi connectivity index (χ1) is 25.8. The van der Waals surface area contributed by atoms with Gasteiger partial charge in [-0.15, -0.1) is 13.2 Å². The van der Waals surface area contributed by atoms with Gasteiger partial charge in [0.2, 0.25) is 11.8 Å². The Balaban J connectivity index is 1.36. The number of carbonyl (C=O) groups is 4. The lowest BCUT2D eigenvalue weighted by molar-refractivity contribution is -0.161. The first-order valence-corrected chi connectivity index (χ1v) is 18.1. The lowest BCUT2D eigenvalue weighted by atomic mass is 9.70. The molecule has 0 saturated carbocycles. The molecule has 6 rings (SSSR count). The standard InChI is InChI=1S/C42H47N3O8/c1-4-6-17-35(47)43-26-34(29-15-11-8-12-16-29)52-41(50)36-33-22-23-42(53-33)37(36)39(48)45(31(27-46)25-28-13-9-7-10-14-28)38(42)40(49)44(24-5-2)30-18-20-32(51-3)21-19-30/h4-5,7-16,18-21,31,33-34,36-38,46H,1-2,6,17,22-27H2,3H3,(H,43,47)/t31-,33-,34-,36+,37+,38-,42+/m1/s1. The number of rotatable bonds is 17. The van der Waals surface area contributed by atoms with Crippen molar-refractivity contribution in [3.8, 4) is 5.75 Å². The van der Waals surface area contributed by atoms with Crippen LogP contribution in [0.4, 0.5) is 5.69 Å². The monoisotopic (exact) mass is 721 g/mol. The number of esters is 1. The molecule has 3 aromatic rings. The van der Waals surface area contributed by atoms with Gasteiger partial charge in [0.05, 0.1) is 44.2 Å². The predicted molar refractivity (Wildman–Crippen MR) is 199 cm³/mol. The van der Waals surface area contributed by atoms with Crippen molar-refractivity contribution < 1.29 is 38.5 Å². The third-order valence-corrected chi connectivity index (χ3v) is 10.6. The number of aliphatic hydroxyl groups is 1. The Bertz CT molecular complexity index is 1780. The van der Waals surface area contributed by atoms with E-state index in [0.29, 0.717) is 36.3 Å². The highest BCUT2D eigenvalue weighted by Crippen LogP contribution is 2.59. The summed E-state index contributed by atoms with van der Waals surface area (Å²) in [6, 6.07) is 23.6. The number of aliphatic hydroxyl groups excluding tert-OH is 1. The lowest BCUT2D eigenvalue weighted by Gasteiger charge is -2.39. The maximum Gasteiger partial charge on any atom is 0.313 e. The number of ether oxygens (including phenoxy) is 3. The summed E-state index contributed by atoms with van der Waals surface area (Å²) in [5.41, 5.74) is 0.773. The number of hydrogen-bond acceptors (Lipinski definition) is 8. The molecule has 0 unspecified atom stereocenters. The van der Waals surface area contributed by atoms with Crippen LogP contribution in [0.15, 0.2) is 110 Å². The second-order valence-electron chi connectivity index (χ2n) is 13.7. The van der Waals surface area contributed by atoms with Gasteiger partial charge < -0.3 is 34.4 Å². The van der Waals surface area contributed by atoms with Crippen molar-refractivity contribution in [3.63, 3.8) is 0 Å². The van der Waals surface area contributed by atoms with Crippen molar-refractivity contribution in [2.75, 3.05) is 31.7 Å². The molecule has 53 heavy (non-hydrogen) atoms. The molecule has 278 valence electrons.